The van der Waals surface area contributed by atoms with Gasteiger partial charge in [-0.1, -0.05) is 0 Å². The van der Waals surface area contributed by atoms with Gasteiger partial charge in [0.2, 0.25) is 0 Å². The number of hydrogen-bond acceptors (Lipinski definition) is 2. The third-order valence-corrected chi connectivity index (χ3v) is 3.50. The minimum absolute atomic E-state index is 0.0477. The van der Waals surface area contributed by atoms with Gasteiger partial charge in [-0.15, -0.1) is 0 Å². The van der Waals surface area contributed by atoms with E-state index in [4.69, 9.17) is 4.74 Å². The number of halogens is 1. The second-order valence-corrected chi connectivity index (χ2v) is 5.26. The van der Waals surface area contributed by atoms with Crippen LogP contribution in [0.2, 0.25) is 0 Å². The highest BCUT2D eigenvalue weighted by Gasteiger charge is 2.12. The zero-order chi connectivity index (χ0) is 13.1. The number of ether oxygens (including phenoxy) is 1. The Morgan fingerprint density at radius 1 is 1.11 bits per heavy atom. The first-order chi connectivity index (χ1) is 8.61. The number of carbonyl (C=O) groups excluding carboxylic acids is 1. The first-order valence-corrected chi connectivity index (χ1v) is 6.64. The molecule has 2 aromatic carbocycles. The number of ketones is 1. The Morgan fingerprint density at radius 2 is 1.78 bits per heavy atom. The fraction of sp³-hybridized carbons (Fsp3) is 0.133. The Kier molecular flexibility index (Phi) is 4.01. The van der Waals surface area contributed by atoms with Crippen molar-refractivity contribution >= 4 is 28.4 Å². The second kappa shape index (κ2) is 5.52. The SMILES string of the molecule is COc1ccc(C(=O)c2ccc(I)cc2)c(C)c1. The molecule has 0 radical (unpaired) electrons. The Morgan fingerprint density at radius 3 is 2.33 bits per heavy atom. The fourth-order valence-electron chi connectivity index (χ4n) is 1.77. The summed E-state index contributed by atoms with van der Waals surface area (Å²) in [6, 6.07) is 13.1. The molecular formula is C15H13IO2. The summed E-state index contributed by atoms with van der Waals surface area (Å²) in [7, 11) is 1.62. The van der Waals surface area contributed by atoms with Crippen LogP contribution in [-0.4, -0.2) is 12.9 Å². The first kappa shape index (κ1) is 13.1. The highest BCUT2D eigenvalue weighted by molar-refractivity contribution is 14.1. The molecule has 0 saturated carbocycles. The summed E-state index contributed by atoms with van der Waals surface area (Å²) in [5.41, 5.74) is 2.36. The molecule has 0 aliphatic rings. The van der Waals surface area contributed by atoms with Gasteiger partial charge in [0.05, 0.1) is 7.11 Å². The van der Waals surface area contributed by atoms with E-state index in [1.54, 1.807) is 7.11 Å². The summed E-state index contributed by atoms with van der Waals surface area (Å²) in [6.45, 7) is 1.92. The van der Waals surface area contributed by atoms with Gasteiger partial charge in [0.25, 0.3) is 0 Å². The Balaban J connectivity index is 2.37. The molecule has 0 fully saturated rings. The lowest BCUT2D eigenvalue weighted by atomic mass is 9.99. The first-order valence-electron chi connectivity index (χ1n) is 5.56. The van der Waals surface area contributed by atoms with Gasteiger partial charge in [0, 0.05) is 14.7 Å². The quantitative estimate of drug-likeness (QED) is 0.620. The summed E-state index contributed by atoms with van der Waals surface area (Å²) in [5.74, 6) is 0.818. The molecule has 0 N–H and O–H groups in total. The molecule has 0 bridgehead atoms. The van der Waals surface area contributed by atoms with Gasteiger partial charge in [-0.3, -0.25) is 4.79 Å². The second-order valence-electron chi connectivity index (χ2n) is 4.02. The van der Waals surface area contributed by atoms with Crippen LogP contribution >= 0.6 is 22.6 Å². The number of methoxy groups -OCH3 is 1. The van der Waals surface area contributed by atoms with E-state index in [1.807, 2.05) is 49.4 Å². The van der Waals surface area contributed by atoms with E-state index in [-0.39, 0.29) is 5.78 Å². The van der Waals surface area contributed by atoms with Crippen LogP contribution in [0.15, 0.2) is 42.5 Å². The maximum Gasteiger partial charge on any atom is 0.193 e. The molecule has 0 aliphatic carbocycles. The fourth-order valence-corrected chi connectivity index (χ4v) is 2.13. The van der Waals surface area contributed by atoms with Gasteiger partial charge in [-0.25, -0.2) is 0 Å². The summed E-state index contributed by atoms with van der Waals surface area (Å²) in [4.78, 5) is 12.3. The highest BCUT2D eigenvalue weighted by atomic mass is 127. The standard InChI is InChI=1S/C15H13IO2/c1-10-9-13(18-2)7-8-14(10)15(17)11-3-5-12(16)6-4-11/h3-9H,1-2H3. The molecule has 2 rings (SSSR count). The van der Waals surface area contributed by atoms with Crippen molar-refractivity contribution in [3.63, 3.8) is 0 Å². The maximum absolute atomic E-state index is 12.3. The molecule has 0 amide bonds. The Bertz CT molecular complexity index is 574. The van der Waals surface area contributed by atoms with Crippen LogP contribution in [0.3, 0.4) is 0 Å². The molecule has 0 aliphatic heterocycles. The van der Waals surface area contributed by atoms with Gasteiger partial charge in [0.15, 0.2) is 5.78 Å². The van der Waals surface area contributed by atoms with Crippen LogP contribution in [0.1, 0.15) is 21.5 Å². The average Bonchev–Trinajstić information content (AvgIpc) is 2.38. The van der Waals surface area contributed by atoms with E-state index in [0.29, 0.717) is 5.56 Å². The van der Waals surface area contributed by atoms with Crippen LogP contribution in [0.25, 0.3) is 0 Å². The van der Waals surface area contributed by atoms with E-state index in [1.165, 1.54) is 0 Å². The van der Waals surface area contributed by atoms with Crippen molar-refractivity contribution in [3.05, 3.63) is 62.7 Å². The number of rotatable bonds is 3. The van der Waals surface area contributed by atoms with Crippen LogP contribution in [0.4, 0.5) is 0 Å². The zero-order valence-corrected chi connectivity index (χ0v) is 12.4. The van der Waals surface area contributed by atoms with E-state index < -0.39 is 0 Å². The molecular weight excluding hydrogens is 339 g/mol. The molecule has 18 heavy (non-hydrogen) atoms. The van der Waals surface area contributed by atoms with Crippen molar-refractivity contribution in [3.8, 4) is 5.75 Å². The van der Waals surface area contributed by atoms with E-state index in [9.17, 15) is 4.79 Å². The normalized spacial score (nSPS) is 10.2. The minimum Gasteiger partial charge on any atom is -0.497 e. The van der Waals surface area contributed by atoms with Crippen molar-refractivity contribution in [2.24, 2.45) is 0 Å². The molecule has 2 aromatic rings. The molecule has 0 saturated heterocycles. The van der Waals surface area contributed by atoms with Crippen LogP contribution in [-0.2, 0) is 0 Å². The monoisotopic (exact) mass is 352 g/mol. The Hall–Kier alpha value is -1.36. The predicted octanol–water partition coefficient (Wildman–Crippen LogP) is 3.84. The van der Waals surface area contributed by atoms with E-state index in [0.717, 1.165) is 20.4 Å². The summed E-state index contributed by atoms with van der Waals surface area (Å²) in [5, 5.41) is 0. The minimum atomic E-state index is 0.0477. The molecule has 0 spiro atoms. The molecule has 0 unspecified atom stereocenters. The Labute approximate surface area is 120 Å². The number of benzene rings is 2. The lowest BCUT2D eigenvalue weighted by Gasteiger charge is -2.07. The summed E-state index contributed by atoms with van der Waals surface area (Å²) < 4.78 is 6.26. The molecule has 3 heteroatoms. The van der Waals surface area contributed by atoms with Crippen molar-refractivity contribution in [2.75, 3.05) is 7.11 Å². The van der Waals surface area contributed by atoms with Crippen LogP contribution in [0.5, 0.6) is 5.75 Å². The van der Waals surface area contributed by atoms with Crippen molar-refractivity contribution in [1.82, 2.24) is 0 Å². The highest BCUT2D eigenvalue weighted by Crippen LogP contribution is 2.20. The number of aryl methyl sites for hydroxylation is 1. The molecule has 92 valence electrons. The third kappa shape index (κ3) is 2.72. The van der Waals surface area contributed by atoms with E-state index >= 15 is 0 Å². The van der Waals surface area contributed by atoms with Gasteiger partial charge in [0.1, 0.15) is 5.75 Å². The molecule has 0 aromatic heterocycles. The lowest BCUT2D eigenvalue weighted by molar-refractivity contribution is 0.103. The largest absolute Gasteiger partial charge is 0.497 e. The van der Waals surface area contributed by atoms with Crippen molar-refractivity contribution in [1.29, 1.82) is 0 Å². The third-order valence-electron chi connectivity index (χ3n) is 2.78. The van der Waals surface area contributed by atoms with Gasteiger partial charge in [-0.05, 0) is 77.5 Å². The zero-order valence-electron chi connectivity index (χ0n) is 10.2. The molecule has 0 heterocycles. The molecule has 0 atom stereocenters. The lowest BCUT2D eigenvalue weighted by Crippen LogP contribution is -2.03. The van der Waals surface area contributed by atoms with E-state index in [2.05, 4.69) is 22.6 Å². The van der Waals surface area contributed by atoms with Gasteiger partial charge in [-0.2, -0.15) is 0 Å². The van der Waals surface area contributed by atoms with Crippen LogP contribution in [0, 0.1) is 10.5 Å². The molecule has 2 nitrogen and oxygen atoms in total. The van der Waals surface area contributed by atoms with Gasteiger partial charge >= 0.3 is 0 Å². The summed E-state index contributed by atoms with van der Waals surface area (Å²) >= 11 is 2.22. The van der Waals surface area contributed by atoms with Crippen molar-refractivity contribution in [2.45, 2.75) is 6.92 Å². The smallest absolute Gasteiger partial charge is 0.193 e. The topological polar surface area (TPSA) is 26.3 Å². The van der Waals surface area contributed by atoms with Crippen LogP contribution < -0.4 is 4.74 Å². The van der Waals surface area contributed by atoms with Gasteiger partial charge < -0.3 is 4.74 Å². The predicted molar refractivity (Wildman–Crippen MR) is 80.3 cm³/mol. The summed E-state index contributed by atoms with van der Waals surface area (Å²) in [6.07, 6.45) is 0. The number of carbonyl (C=O) groups is 1. The number of hydrogen-bond donors (Lipinski definition) is 0. The maximum atomic E-state index is 12.3. The van der Waals surface area contributed by atoms with Crippen molar-refractivity contribution < 1.29 is 9.53 Å². The average molecular weight is 352 g/mol.